The first-order valence-electron chi connectivity index (χ1n) is 7.12. The van der Waals surface area contributed by atoms with Gasteiger partial charge in [0.05, 0.1) is 23.0 Å². The Hall–Kier alpha value is -1.09. The number of hydrogen-bond donors (Lipinski definition) is 2. The minimum absolute atomic E-state index is 0.140. The molecule has 0 bridgehead atoms. The van der Waals surface area contributed by atoms with Crippen LogP contribution in [-0.2, 0) is 0 Å². The van der Waals surface area contributed by atoms with Crippen molar-refractivity contribution in [1.29, 1.82) is 0 Å². The van der Waals surface area contributed by atoms with Gasteiger partial charge >= 0.3 is 0 Å². The molecule has 0 radical (unpaired) electrons. The van der Waals surface area contributed by atoms with Gasteiger partial charge in [0.2, 0.25) is 0 Å². The van der Waals surface area contributed by atoms with Crippen molar-refractivity contribution in [1.82, 2.24) is 10.7 Å². The first kappa shape index (κ1) is 19.0. The Balaban J connectivity index is 2.88. The van der Waals surface area contributed by atoms with Crippen LogP contribution in [0.3, 0.4) is 0 Å². The second kappa shape index (κ2) is 9.83. The molecule has 0 heterocycles. The summed E-state index contributed by atoms with van der Waals surface area (Å²) in [5.41, 5.74) is 3.67. The Kier molecular flexibility index (Phi) is 8.47. The van der Waals surface area contributed by atoms with Crippen molar-refractivity contribution in [2.24, 2.45) is 5.10 Å². The Morgan fingerprint density at radius 1 is 1.45 bits per heavy atom. The number of nitrogens with zero attached hydrogens (tertiary/aromatic N) is 1. The lowest BCUT2D eigenvalue weighted by molar-refractivity contribution is 0.206. The average Bonchev–Trinajstić information content (AvgIpc) is 2.49. The van der Waals surface area contributed by atoms with Gasteiger partial charge in [0.15, 0.2) is 16.6 Å². The summed E-state index contributed by atoms with van der Waals surface area (Å²) in [6.07, 6.45) is 2.77. The zero-order valence-electron chi connectivity index (χ0n) is 13.3. The van der Waals surface area contributed by atoms with Crippen molar-refractivity contribution in [3.05, 3.63) is 21.3 Å². The van der Waals surface area contributed by atoms with Gasteiger partial charge in [-0.2, -0.15) is 5.10 Å². The van der Waals surface area contributed by atoms with Crippen molar-refractivity contribution in [2.45, 2.75) is 33.3 Å². The van der Waals surface area contributed by atoms with E-state index in [1.54, 1.807) is 13.3 Å². The third-order valence-electron chi connectivity index (χ3n) is 2.86. The second-order valence-electron chi connectivity index (χ2n) is 4.60. The first-order valence-corrected chi connectivity index (χ1v) is 8.61. The molecule has 22 heavy (non-hydrogen) atoms. The van der Waals surface area contributed by atoms with Crippen LogP contribution in [0.25, 0.3) is 0 Å². The van der Waals surface area contributed by atoms with Crippen LogP contribution in [-0.4, -0.2) is 31.1 Å². The zero-order valence-corrected chi connectivity index (χ0v) is 16.2. The third kappa shape index (κ3) is 5.96. The molecule has 0 fully saturated rings. The molecule has 2 N–H and O–H groups in total. The zero-order chi connectivity index (χ0) is 16.5. The van der Waals surface area contributed by atoms with E-state index in [0.29, 0.717) is 10.9 Å². The highest BCUT2D eigenvalue weighted by Gasteiger charge is 2.13. The van der Waals surface area contributed by atoms with Crippen LogP contribution >= 0.6 is 34.8 Å². The second-order valence-corrected chi connectivity index (χ2v) is 6.17. The van der Waals surface area contributed by atoms with Crippen molar-refractivity contribution >= 4 is 46.1 Å². The minimum Gasteiger partial charge on any atom is -0.493 e. The molecule has 1 rings (SSSR count). The van der Waals surface area contributed by atoms with E-state index >= 15 is 0 Å². The van der Waals surface area contributed by atoms with Gasteiger partial charge in [-0.05, 0) is 72.8 Å². The van der Waals surface area contributed by atoms with Gasteiger partial charge in [-0.1, -0.05) is 6.92 Å². The number of benzene rings is 1. The smallest absolute Gasteiger partial charge is 0.186 e. The third-order valence-corrected chi connectivity index (χ3v) is 3.90. The van der Waals surface area contributed by atoms with E-state index < -0.39 is 0 Å². The number of thiocarbonyl (C=S) groups is 1. The van der Waals surface area contributed by atoms with Crippen LogP contribution in [0.15, 0.2) is 17.2 Å². The predicted octanol–water partition coefficient (Wildman–Crippen LogP) is 3.30. The summed E-state index contributed by atoms with van der Waals surface area (Å²) in [5, 5.41) is 7.57. The maximum Gasteiger partial charge on any atom is 0.186 e. The van der Waals surface area contributed by atoms with Gasteiger partial charge in [-0.25, -0.2) is 0 Å². The van der Waals surface area contributed by atoms with E-state index in [0.717, 1.165) is 27.8 Å². The predicted molar refractivity (Wildman–Crippen MR) is 103 cm³/mol. The van der Waals surface area contributed by atoms with Gasteiger partial charge in [-0.15, -0.1) is 0 Å². The van der Waals surface area contributed by atoms with Gasteiger partial charge in [0.25, 0.3) is 0 Å². The van der Waals surface area contributed by atoms with Crippen LogP contribution in [0.1, 0.15) is 32.8 Å². The minimum atomic E-state index is 0.140. The molecule has 1 aromatic carbocycles. The lowest BCUT2D eigenvalue weighted by atomic mass is 10.2. The summed E-state index contributed by atoms with van der Waals surface area (Å²) in [6, 6.07) is 3.88. The van der Waals surface area contributed by atoms with Crippen molar-refractivity contribution < 1.29 is 9.47 Å². The van der Waals surface area contributed by atoms with Gasteiger partial charge < -0.3 is 14.8 Å². The number of ether oxygens (including phenoxy) is 2. The first-order chi connectivity index (χ1) is 10.5. The summed E-state index contributed by atoms with van der Waals surface area (Å²) in [4.78, 5) is 0. The van der Waals surface area contributed by atoms with E-state index in [1.165, 1.54) is 0 Å². The fourth-order valence-electron chi connectivity index (χ4n) is 1.58. The molecule has 0 aromatic heterocycles. The molecule has 0 saturated carbocycles. The molecular weight excluding hydrogens is 413 g/mol. The summed E-state index contributed by atoms with van der Waals surface area (Å²) >= 11 is 7.28. The van der Waals surface area contributed by atoms with Gasteiger partial charge in [0, 0.05) is 6.54 Å². The normalized spacial score (nSPS) is 12.0. The highest BCUT2D eigenvalue weighted by molar-refractivity contribution is 14.1. The lowest BCUT2D eigenvalue weighted by Crippen LogP contribution is -2.31. The standard InChI is InChI=1S/C15H22IN3O2S/c1-5-10(3)21-14-12(16)7-11(8-13(14)20-4)9-18-19-15(22)17-6-2/h7-10H,5-6H2,1-4H3,(H2,17,19,22)/b18-9-/t10-/m0/s1. The molecule has 7 heteroatoms. The van der Waals surface area contributed by atoms with Crippen LogP contribution < -0.4 is 20.2 Å². The number of hydrazone groups is 1. The molecule has 0 spiro atoms. The fourth-order valence-corrected chi connectivity index (χ4v) is 2.53. The van der Waals surface area contributed by atoms with Crippen LogP contribution in [0.5, 0.6) is 11.5 Å². The van der Waals surface area contributed by atoms with E-state index in [9.17, 15) is 0 Å². The van der Waals surface area contributed by atoms with Crippen molar-refractivity contribution in [3.63, 3.8) is 0 Å². The Morgan fingerprint density at radius 3 is 2.77 bits per heavy atom. The SMILES string of the molecule is CCNC(=S)N/N=C\c1cc(I)c(O[C@@H](C)CC)c(OC)c1. The number of halogens is 1. The van der Waals surface area contributed by atoms with E-state index in [4.69, 9.17) is 21.7 Å². The lowest BCUT2D eigenvalue weighted by Gasteiger charge is -2.17. The molecule has 1 aromatic rings. The number of hydrogen-bond acceptors (Lipinski definition) is 4. The summed E-state index contributed by atoms with van der Waals surface area (Å²) in [6.45, 7) is 6.86. The number of rotatable bonds is 7. The average molecular weight is 435 g/mol. The molecule has 0 aliphatic rings. The van der Waals surface area contributed by atoms with E-state index in [2.05, 4.69) is 45.4 Å². The highest BCUT2D eigenvalue weighted by Crippen LogP contribution is 2.34. The largest absolute Gasteiger partial charge is 0.493 e. The summed E-state index contributed by atoms with van der Waals surface area (Å²) in [7, 11) is 1.63. The summed E-state index contributed by atoms with van der Waals surface area (Å²) in [5.74, 6) is 1.47. The Labute approximate surface area is 151 Å². The monoisotopic (exact) mass is 435 g/mol. The fraction of sp³-hybridized carbons (Fsp3) is 0.467. The van der Waals surface area contributed by atoms with Crippen molar-refractivity contribution in [3.8, 4) is 11.5 Å². The molecule has 0 aliphatic carbocycles. The molecular formula is C15H22IN3O2S. The molecule has 5 nitrogen and oxygen atoms in total. The van der Waals surface area contributed by atoms with Crippen LogP contribution in [0.4, 0.5) is 0 Å². The highest BCUT2D eigenvalue weighted by atomic mass is 127. The van der Waals surface area contributed by atoms with E-state index in [-0.39, 0.29) is 6.10 Å². The molecule has 0 amide bonds. The quantitative estimate of drug-likeness (QED) is 0.298. The van der Waals surface area contributed by atoms with Gasteiger partial charge in [-0.3, -0.25) is 5.43 Å². The maximum absolute atomic E-state index is 5.92. The number of nitrogens with one attached hydrogen (secondary N) is 2. The Morgan fingerprint density at radius 2 is 2.18 bits per heavy atom. The molecule has 0 saturated heterocycles. The molecule has 122 valence electrons. The molecule has 1 atom stereocenters. The maximum atomic E-state index is 5.92. The molecule has 0 aliphatic heterocycles. The van der Waals surface area contributed by atoms with E-state index in [1.807, 2.05) is 26.0 Å². The molecule has 0 unspecified atom stereocenters. The van der Waals surface area contributed by atoms with Crippen LogP contribution in [0, 0.1) is 3.57 Å². The van der Waals surface area contributed by atoms with Crippen LogP contribution in [0.2, 0.25) is 0 Å². The summed E-state index contributed by atoms with van der Waals surface area (Å²) < 4.78 is 12.3. The van der Waals surface area contributed by atoms with Gasteiger partial charge in [0.1, 0.15) is 0 Å². The van der Waals surface area contributed by atoms with Crippen molar-refractivity contribution in [2.75, 3.05) is 13.7 Å². The number of methoxy groups -OCH3 is 1. The Bertz CT molecular complexity index is 538. The topological polar surface area (TPSA) is 54.9 Å².